The van der Waals surface area contributed by atoms with Crippen molar-refractivity contribution in [2.24, 2.45) is 0 Å². The molecule has 160 valence electrons. The van der Waals surface area contributed by atoms with Crippen LogP contribution in [-0.2, 0) is 21.4 Å². The summed E-state index contributed by atoms with van der Waals surface area (Å²) in [6.07, 6.45) is 3.78. The molecule has 3 aromatic rings. The molecule has 3 heterocycles. The van der Waals surface area contributed by atoms with Crippen molar-refractivity contribution in [2.45, 2.75) is 65.4 Å². The lowest BCUT2D eigenvalue weighted by molar-refractivity contribution is -0.121. The lowest BCUT2D eigenvalue weighted by atomic mass is 9.85. The number of ether oxygens (including phenoxy) is 1. The molecule has 1 aromatic carbocycles. The molecule has 0 aliphatic carbocycles. The number of furan rings is 1. The number of nitrogens with one attached hydrogen (secondary N) is 1. The highest BCUT2D eigenvalue weighted by Crippen LogP contribution is 2.38. The summed E-state index contributed by atoms with van der Waals surface area (Å²) in [5, 5.41) is 4.68. The number of hydrogen-bond donors (Lipinski definition) is 1. The third-order valence-electron chi connectivity index (χ3n) is 5.98. The van der Waals surface area contributed by atoms with Gasteiger partial charge in [0.2, 0.25) is 5.91 Å². The molecule has 1 aliphatic heterocycles. The van der Waals surface area contributed by atoms with E-state index in [1.54, 1.807) is 6.26 Å². The fourth-order valence-corrected chi connectivity index (χ4v) is 4.30. The standard InChI is InChI=1S/C24H29NO5/c1-13-9-18-21(22-20(13)17(12-29-22)24(3,4)5)14(2)16(23(27)30-18)10-19(26)25-11-15-7-6-8-28-15/h9,12,15H,6-8,10-11H2,1-5H3,(H,25,26)/t15-/m0/s1. The van der Waals surface area contributed by atoms with Crippen molar-refractivity contribution in [1.29, 1.82) is 0 Å². The van der Waals surface area contributed by atoms with E-state index in [0.717, 1.165) is 46.9 Å². The Kier molecular flexibility index (Phi) is 5.22. The van der Waals surface area contributed by atoms with E-state index in [-0.39, 0.29) is 23.8 Å². The fraction of sp³-hybridized carbons (Fsp3) is 0.500. The highest BCUT2D eigenvalue weighted by atomic mass is 16.5. The minimum Gasteiger partial charge on any atom is -0.463 e. The highest BCUT2D eigenvalue weighted by molar-refractivity contribution is 6.07. The van der Waals surface area contributed by atoms with Gasteiger partial charge < -0.3 is 18.9 Å². The van der Waals surface area contributed by atoms with E-state index in [2.05, 4.69) is 26.1 Å². The summed E-state index contributed by atoms with van der Waals surface area (Å²) in [7, 11) is 0. The molecule has 0 saturated carbocycles. The number of rotatable bonds is 4. The molecule has 0 radical (unpaired) electrons. The van der Waals surface area contributed by atoms with Crippen LogP contribution >= 0.6 is 0 Å². The second-order valence-corrected chi connectivity index (χ2v) is 9.28. The summed E-state index contributed by atoms with van der Waals surface area (Å²) < 4.78 is 17.1. The van der Waals surface area contributed by atoms with Crippen LogP contribution in [0.5, 0.6) is 0 Å². The first-order valence-electron chi connectivity index (χ1n) is 10.5. The first kappa shape index (κ1) is 20.7. The van der Waals surface area contributed by atoms with Gasteiger partial charge in [0.05, 0.1) is 29.7 Å². The molecule has 2 aromatic heterocycles. The summed E-state index contributed by atoms with van der Waals surface area (Å²) >= 11 is 0. The number of carbonyl (C=O) groups excluding carboxylic acids is 1. The summed E-state index contributed by atoms with van der Waals surface area (Å²) in [6.45, 7) is 11.5. The van der Waals surface area contributed by atoms with Gasteiger partial charge in [-0.3, -0.25) is 4.79 Å². The Balaban J connectivity index is 1.75. The lowest BCUT2D eigenvalue weighted by Crippen LogP contribution is -2.34. The normalized spacial score (nSPS) is 17.2. The van der Waals surface area contributed by atoms with Crippen LogP contribution in [0.3, 0.4) is 0 Å². The van der Waals surface area contributed by atoms with E-state index in [9.17, 15) is 9.59 Å². The maximum atomic E-state index is 12.7. The SMILES string of the molecule is Cc1cc2oc(=O)c(CC(=O)NC[C@@H]3CCCO3)c(C)c2c2occ(C(C)(C)C)c12. The Labute approximate surface area is 175 Å². The number of hydrogen-bond acceptors (Lipinski definition) is 5. The molecule has 1 aliphatic rings. The Morgan fingerprint density at radius 3 is 2.67 bits per heavy atom. The fourth-order valence-electron chi connectivity index (χ4n) is 4.30. The zero-order valence-corrected chi connectivity index (χ0v) is 18.3. The van der Waals surface area contributed by atoms with Crippen molar-refractivity contribution in [3.05, 3.63) is 45.0 Å². The van der Waals surface area contributed by atoms with Gasteiger partial charge in [0.15, 0.2) is 0 Å². The molecule has 1 atom stereocenters. The predicted molar refractivity (Wildman–Crippen MR) is 116 cm³/mol. The van der Waals surface area contributed by atoms with Crippen LogP contribution in [0.15, 0.2) is 26.0 Å². The van der Waals surface area contributed by atoms with Gasteiger partial charge in [-0.1, -0.05) is 20.8 Å². The quantitative estimate of drug-likeness (QED) is 0.648. The second kappa shape index (κ2) is 7.58. The van der Waals surface area contributed by atoms with Crippen molar-refractivity contribution in [2.75, 3.05) is 13.2 Å². The average molecular weight is 411 g/mol. The maximum absolute atomic E-state index is 12.7. The van der Waals surface area contributed by atoms with Gasteiger partial charge >= 0.3 is 5.63 Å². The Morgan fingerprint density at radius 1 is 1.23 bits per heavy atom. The number of fused-ring (bicyclic) bond motifs is 3. The minimum absolute atomic E-state index is 0.0287. The second-order valence-electron chi connectivity index (χ2n) is 9.28. The van der Waals surface area contributed by atoms with Crippen LogP contribution in [-0.4, -0.2) is 25.2 Å². The van der Waals surface area contributed by atoms with Gasteiger partial charge in [-0.05, 0) is 49.3 Å². The minimum atomic E-state index is -0.478. The van der Waals surface area contributed by atoms with Gasteiger partial charge in [-0.2, -0.15) is 0 Å². The summed E-state index contributed by atoms with van der Waals surface area (Å²) in [6, 6.07) is 1.89. The third-order valence-corrected chi connectivity index (χ3v) is 5.98. The molecule has 4 rings (SSSR count). The molecule has 6 nitrogen and oxygen atoms in total. The van der Waals surface area contributed by atoms with Crippen molar-refractivity contribution in [3.8, 4) is 0 Å². The van der Waals surface area contributed by atoms with Crippen LogP contribution in [0.4, 0.5) is 0 Å². The maximum Gasteiger partial charge on any atom is 0.340 e. The Hall–Kier alpha value is -2.60. The average Bonchev–Trinajstić information content (AvgIpc) is 3.32. The predicted octanol–water partition coefficient (Wildman–Crippen LogP) is 4.29. The largest absolute Gasteiger partial charge is 0.463 e. The van der Waals surface area contributed by atoms with E-state index in [0.29, 0.717) is 23.3 Å². The summed E-state index contributed by atoms with van der Waals surface area (Å²) in [4.78, 5) is 25.2. The van der Waals surface area contributed by atoms with Crippen LogP contribution in [0.2, 0.25) is 0 Å². The van der Waals surface area contributed by atoms with Crippen molar-refractivity contribution >= 4 is 27.8 Å². The van der Waals surface area contributed by atoms with Crippen LogP contribution in [0.1, 0.15) is 55.9 Å². The molecule has 1 saturated heterocycles. The highest BCUT2D eigenvalue weighted by Gasteiger charge is 2.25. The first-order valence-corrected chi connectivity index (χ1v) is 10.5. The van der Waals surface area contributed by atoms with E-state index < -0.39 is 5.63 Å². The topological polar surface area (TPSA) is 81.7 Å². The molecular formula is C24H29NO5. The van der Waals surface area contributed by atoms with E-state index in [4.69, 9.17) is 13.6 Å². The molecule has 0 unspecified atom stereocenters. The molecule has 30 heavy (non-hydrogen) atoms. The van der Waals surface area contributed by atoms with Crippen molar-refractivity contribution in [3.63, 3.8) is 0 Å². The Bertz CT molecular complexity index is 1170. The van der Waals surface area contributed by atoms with Gasteiger partial charge in [-0.15, -0.1) is 0 Å². The molecule has 0 bridgehead atoms. The zero-order chi connectivity index (χ0) is 21.6. The van der Waals surface area contributed by atoms with Gasteiger partial charge in [0.25, 0.3) is 0 Å². The van der Waals surface area contributed by atoms with Crippen LogP contribution < -0.4 is 10.9 Å². The number of carbonyl (C=O) groups is 1. The van der Waals surface area contributed by atoms with Gasteiger partial charge in [0, 0.05) is 24.1 Å². The molecular weight excluding hydrogens is 382 g/mol. The van der Waals surface area contributed by atoms with Crippen molar-refractivity contribution in [1.82, 2.24) is 5.32 Å². The lowest BCUT2D eigenvalue weighted by Gasteiger charge is -2.17. The monoisotopic (exact) mass is 411 g/mol. The summed E-state index contributed by atoms with van der Waals surface area (Å²) in [5.74, 6) is -0.210. The smallest absolute Gasteiger partial charge is 0.340 e. The molecule has 1 fully saturated rings. The van der Waals surface area contributed by atoms with Crippen LogP contribution in [0, 0.1) is 13.8 Å². The zero-order valence-electron chi connectivity index (χ0n) is 18.3. The van der Waals surface area contributed by atoms with E-state index in [1.165, 1.54) is 0 Å². The van der Waals surface area contributed by atoms with E-state index >= 15 is 0 Å². The van der Waals surface area contributed by atoms with E-state index in [1.807, 2.05) is 19.9 Å². The number of amides is 1. The number of aryl methyl sites for hydroxylation is 2. The third kappa shape index (κ3) is 3.65. The molecule has 1 N–H and O–H groups in total. The summed E-state index contributed by atoms with van der Waals surface area (Å²) in [5.41, 5.74) is 3.84. The molecule has 0 spiro atoms. The molecule has 1 amide bonds. The van der Waals surface area contributed by atoms with Crippen molar-refractivity contribution < 1.29 is 18.4 Å². The molecule has 6 heteroatoms. The van der Waals surface area contributed by atoms with Crippen LogP contribution in [0.25, 0.3) is 21.9 Å². The van der Waals surface area contributed by atoms with Gasteiger partial charge in [0.1, 0.15) is 11.2 Å². The Morgan fingerprint density at radius 2 is 2.00 bits per heavy atom. The van der Waals surface area contributed by atoms with Gasteiger partial charge in [-0.25, -0.2) is 4.79 Å². The first-order chi connectivity index (χ1) is 14.2. The number of benzene rings is 1.